The molecule has 94 valence electrons. The van der Waals surface area contributed by atoms with E-state index in [0.29, 0.717) is 19.1 Å². The van der Waals surface area contributed by atoms with Gasteiger partial charge in [-0.3, -0.25) is 11.3 Å². The Bertz CT molecular complexity index is 207. The van der Waals surface area contributed by atoms with E-state index in [1.807, 2.05) is 0 Å². The average Bonchev–Trinajstić information content (AvgIpc) is 2.31. The van der Waals surface area contributed by atoms with Gasteiger partial charge in [-0.05, 0) is 24.7 Å². The summed E-state index contributed by atoms with van der Waals surface area (Å²) in [6.07, 6.45) is 5.33. The summed E-state index contributed by atoms with van der Waals surface area (Å²) in [5.74, 6) is 7.15. The lowest BCUT2D eigenvalue weighted by atomic mass is 9.77. The van der Waals surface area contributed by atoms with Crippen molar-refractivity contribution < 1.29 is 9.47 Å². The first-order valence-electron chi connectivity index (χ1n) is 6.46. The minimum absolute atomic E-state index is 0.133. The number of nitrogens with two attached hydrogens (primary N) is 1. The average molecular weight is 228 g/mol. The van der Waals surface area contributed by atoms with Crippen molar-refractivity contribution in [1.82, 2.24) is 5.43 Å². The fraction of sp³-hybridized carbons (Fsp3) is 1.00. The predicted molar refractivity (Wildman–Crippen MR) is 62.8 cm³/mol. The minimum atomic E-state index is 0.133. The lowest BCUT2D eigenvalue weighted by Gasteiger charge is -2.38. The van der Waals surface area contributed by atoms with Gasteiger partial charge in [-0.15, -0.1) is 0 Å². The Balaban J connectivity index is 1.91. The summed E-state index contributed by atoms with van der Waals surface area (Å²) < 4.78 is 11.2. The van der Waals surface area contributed by atoms with Gasteiger partial charge in [0.2, 0.25) is 0 Å². The monoisotopic (exact) mass is 228 g/mol. The molecule has 4 atom stereocenters. The van der Waals surface area contributed by atoms with Gasteiger partial charge >= 0.3 is 0 Å². The lowest BCUT2D eigenvalue weighted by Crippen LogP contribution is -2.54. The normalized spacial score (nSPS) is 38.2. The van der Waals surface area contributed by atoms with Crippen molar-refractivity contribution in [1.29, 1.82) is 0 Å². The SMILES string of the molecule is CC1CCCC(C(NN)C2COCCO2)C1. The molecule has 1 aliphatic heterocycles. The highest BCUT2D eigenvalue weighted by molar-refractivity contribution is 4.86. The van der Waals surface area contributed by atoms with Gasteiger partial charge in [0, 0.05) is 0 Å². The molecule has 2 aliphatic rings. The maximum atomic E-state index is 5.75. The smallest absolute Gasteiger partial charge is 0.0978 e. The second-order valence-corrected chi connectivity index (χ2v) is 5.21. The molecule has 4 heteroatoms. The minimum Gasteiger partial charge on any atom is -0.376 e. The van der Waals surface area contributed by atoms with Crippen LogP contribution < -0.4 is 11.3 Å². The summed E-state index contributed by atoms with van der Waals surface area (Å²) in [4.78, 5) is 0. The highest BCUT2D eigenvalue weighted by Gasteiger charge is 2.33. The molecule has 0 spiro atoms. The van der Waals surface area contributed by atoms with Crippen LogP contribution in [0.2, 0.25) is 0 Å². The molecule has 0 radical (unpaired) electrons. The van der Waals surface area contributed by atoms with Gasteiger partial charge in [0.25, 0.3) is 0 Å². The molecular weight excluding hydrogens is 204 g/mol. The number of hydrazine groups is 1. The van der Waals surface area contributed by atoms with Crippen LogP contribution in [0, 0.1) is 11.8 Å². The Morgan fingerprint density at radius 3 is 2.81 bits per heavy atom. The molecule has 0 aromatic heterocycles. The molecule has 1 saturated heterocycles. The summed E-state index contributed by atoms with van der Waals surface area (Å²) in [5.41, 5.74) is 2.96. The van der Waals surface area contributed by atoms with Crippen LogP contribution in [0.1, 0.15) is 32.6 Å². The van der Waals surface area contributed by atoms with Gasteiger partial charge in [-0.2, -0.15) is 0 Å². The molecular formula is C12H24N2O2. The van der Waals surface area contributed by atoms with Crippen molar-refractivity contribution in [3.8, 4) is 0 Å². The molecule has 0 aromatic carbocycles. The third-order valence-electron chi connectivity index (χ3n) is 3.92. The molecule has 16 heavy (non-hydrogen) atoms. The number of nitrogens with one attached hydrogen (secondary N) is 1. The van der Waals surface area contributed by atoms with Crippen LogP contribution in [-0.4, -0.2) is 32.0 Å². The Labute approximate surface area is 97.8 Å². The molecule has 0 aromatic rings. The van der Waals surface area contributed by atoms with Crippen molar-refractivity contribution in [2.24, 2.45) is 17.7 Å². The van der Waals surface area contributed by atoms with Crippen molar-refractivity contribution in [3.63, 3.8) is 0 Å². The zero-order chi connectivity index (χ0) is 11.4. The van der Waals surface area contributed by atoms with Crippen LogP contribution >= 0.6 is 0 Å². The van der Waals surface area contributed by atoms with Crippen LogP contribution in [0.4, 0.5) is 0 Å². The molecule has 1 heterocycles. The van der Waals surface area contributed by atoms with Crippen molar-refractivity contribution in [2.75, 3.05) is 19.8 Å². The third kappa shape index (κ3) is 2.94. The fourth-order valence-electron chi connectivity index (χ4n) is 3.07. The van der Waals surface area contributed by atoms with E-state index < -0.39 is 0 Å². The van der Waals surface area contributed by atoms with Crippen LogP contribution in [0.25, 0.3) is 0 Å². The fourth-order valence-corrected chi connectivity index (χ4v) is 3.07. The largest absolute Gasteiger partial charge is 0.376 e. The van der Waals surface area contributed by atoms with Gasteiger partial charge in [-0.1, -0.05) is 19.8 Å². The van der Waals surface area contributed by atoms with E-state index in [-0.39, 0.29) is 12.1 Å². The molecule has 3 N–H and O–H groups in total. The Morgan fingerprint density at radius 1 is 1.31 bits per heavy atom. The lowest BCUT2D eigenvalue weighted by molar-refractivity contribution is -0.111. The summed E-state index contributed by atoms with van der Waals surface area (Å²) in [6.45, 7) is 4.43. The van der Waals surface area contributed by atoms with Crippen molar-refractivity contribution >= 4 is 0 Å². The Hall–Kier alpha value is -0.160. The maximum absolute atomic E-state index is 5.75. The quantitative estimate of drug-likeness (QED) is 0.560. The third-order valence-corrected chi connectivity index (χ3v) is 3.92. The summed E-state index contributed by atoms with van der Waals surface area (Å²) in [7, 11) is 0. The topological polar surface area (TPSA) is 56.5 Å². The van der Waals surface area contributed by atoms with E-state index in [0.717, 1.165) is 12.5 Å². The van der Waals surface area contributed by atoms with E-state index in [4.69, 9.17) is 15.3 Å². The number of hydrogen-bond donors (Lipinski definition) is 2. The summed E-state index contributed by atoms with van der Waals surface area (Å²) >= 11 is 0. The second-order valence-electron chi connectivity index (χ2n) is 5.21. The maximum Gasteiger partial charge on any atom is 0.0978 e. The van der Waals surface area contributed by atoms with Crippen molar-refractivity contribution in [2.45, 2.75) is 44.8 Å². The van der Waals surface area contributed by atoms with E-state index in [1.54, 1.807) is 0 Å². The summed E-state index contributed by atoms with van der Waals surface area (Å²) in [5, 5.41) is 0. The standard InChI is InChI=1S/C12H24N2O2/c1-9-3-2-4-10(7-9)12(14-13)11-8-15-5-6-16-11/h9-12,14H,2-8,13H2,1H3. The summed E-state index contributed by atoms with van der Waals surface area (Å²) in [6, 6.07) is 0.253. The number of ether oxygens (including phenoxy) is 2. The predicted octanol–water partition coefficient (Wildman–Crippen LogP) is 1.06. The van der Waals surface area contributed by atoms with Crippen LogP contribution in [-0.2, 0) is 9.47 Å². The second kappa shape index (κ2) is 5.96. The Kier molecular flexibility index (Phi) is 4.58. The van der Waals surface area contributed by atoms with E-state index in [1.165, 1.54) is 25.7 Å². The molecule has 1 aliphatic carbocycles. The first-order chi connectivity index (χ1) is 7.81. The van der Waals surface area contributed by atoms with Crippen LogP contribution in [0.15, 0.2) is 0 Å². The first kappa shape index (κ1) is 12.3. The molecule has 1 saturated carbocycles. The number of rotatable bonds is 3. The number of hydrogen-bond acceptors (Lipinski definition) is 4. The molecule has 2 fully saturated rings. The first-order valence-corrected chi connectivity index (χ1v) is 6.46. The van der Waals surface area contributed by atoms with E-state index in [2.05, 4.69) is 12.3 Å². The molecule has 0 amide bonds. The molecule has 2 rings (SSSR count). The molecule has 4 unspecified atom stereocenters. The van der Waals surface area contributed by atoms with E-state index in [9.17, 15) is 0 Å². The van der Waals surface area contributed by atoms with E-state index >= 15 is 0 Å². The van der Waals surface area contributed by atoms with Gasteiger partial charge in [0.05, 0.1) is 32.0 Å². The van der Waals surface area contributed by atoms with Gasteiger partial charge < -0.3 is 9.47 Å². The van der Waals surface area contributed by atoms with Gasteiger partial charge in [0.15, 0.2) is 0 Å². The highest BCUT2D eigenvalue weighted by atomic mass is 16.6. The highest BCUT2D eigenvalue weighted by Crippen LogP contribution is 2.32. The molecule has 0 bridgehead atoms. The van der Waals surface area contributed by atoms with Gasteiger partial charge in [-0.25, -0.2) is 0 Å². The zero-order valence-electron chi connectivity index (χ0n) is 10.2. The zero-order valence-corrected chi connectivity index (χ0v) is 10.2. The van der Waals surface area contributed by atoms with Gasteiger partial charge in [0.1, 0.15) is 0 Å². The molecule has 4 nitrogen and oxygen atoms in total. The van der Waals surface area contributed by atoms with Crippen LogP contribution in [0.5, 0.6) is 0 Å². The van der Waals surface area contributed by atoms with Crippen LogP contribution in [0.3, 0.4) is 0 Å². The van der Waals surface area contributed by atoms with Crippen molar-refractivity contribution in [3.05, 3.63) is 0 Å². The Morgan fingerprint density at radius 2 is 2.19 bits per heavy atom.